The molecule has 8 heteroatoms. The smallest absolute Gasteiger partial charge is 0.352 e. The van der Waals surface area contributed by atoms with Crippen molar-refractivity contribution in [3.05, 3.63) is 18.0 Å². The molecule has 1 heterocycles. The van der Waals surface area contributed by atoms with Crippen LogP contribution in [0.25, 0.3) is 0 Å². The molecule has 0 unspecified atom stereocenters. The highest BCUT2D eigenvalue weighted by Gasteiger charge is 2.19. The maximum absolute atomic E-state index is 11.8. The van der Waals surface area contributed by atoms with Crippen LogP contribution >= 0.6 is 0 Å². The van der Waals surface area contributed by atoms with Crippen LogP contribution < -0.4 is 4.72 Å². The number of aromatic carboxylic acids is 1. The molecule has 0 bridgehead atoms. The lowest BCUT2D eigenvalue weighted by atomic mass is 10.4. The van der Waals surface area contributed by atoms with Crippen molar-refractivity contribution in [3.8, 4) is 0 Å². The van der Waals surface area contributed by atoms with Gasteiger partial charge in [0.2, 0.25) is 10.0 Å². The number of aromatic nitrogens is 1. The van der Waals surface area contributed by atoms with Crippen molar-refractivity contribution in [2.24, 2.45) is 7.05 Å². The van der Waals surface area contributed by atoms with E-state index < -0.39 is 16.0 Å². The van der Waals surface area contributed by atoms with Crippen LogP contribution in [-0.4, -0.2) is 44.3 Å². The van der Waals surface area contributed by atoms with Crippen molar-refractivity contribution in [1.29, 1.82) is 0 Å². The first kappa shape index (κ1) is 14.7. The van der Waals surface area contributed by atoms with E-state index in [9.17, 15) is 13.2 Å². The number of sulfonamides is 1. The van der Waals surface area contributed by atoms with Crippen LogP contribution in [0.5, 0.6) is 0 Å². The molecular weight excluding hydrogens is 260 g/mol. The first-order chi connectivity index (χ1) is 8.38. The first-order valence-corrected chi connectivity index (χ1v) is 6.75. The second kappa shape index (κ2) is 5.98. The molecule has 102 valence electrons. The lowest BCUT2D eigenvalue weighted by Gasteiger charge is -2.03. The molecule has 0 aliphatic rings. The Kier molecular flexibility index (Phi) is 4.88. The number of nitrogens with one attached hydrogen (secondary N) is 1. The number of carboxylic acid groups (broad SMARTS) is 1. The second-order valence-electron chi connectivity index (χ2n) is 3.72. The summed E-state index contributed by atoms with van der Waals surface area (Å²) in [5.41, 5.74) is -0.0766. The Labute approximate surface area is 105 Å². The van der Waals surface area contributed by atoms with E-state index in [0.717, 1.165) is 6.07 Å². The van der Waals surface area contributed by atoms with Crippen LogP contribution in [0.4, 0.5) is 0 Å². The predicted octanol–water partition coefficient (Wildman–Crippen LogP) is 0.0381. The molecule has 0 aliphatic carbocycles. The molecule has 0 fully saturated rings. The van der Waals surface area contributed by atoms with Gasteiger partial charge in [0, 0.05) is 33.5 Å². The normalized spacial score (nSPS) is 11.7. The summed E-state index contributed by atoms with van der Waals surface area (Å²) in [6, 6.07) is 1.13. The van der Waals surface area contributed by atoms with Gasteiger partial charge in [-0.05, 0) is 12.5 Å². The third kappa shape index (κ3) is 3.56. The van der Waals surface area contributed by atoms with E-state index in [1.807, 2.05) is 0 Å². The standard InChI is InChI=1S/C10H16N2O5S/c1-12-7-8(6-9(12)10(13)14)18(15,16)11-4-3-5-17-2/h6-7,11H,3-5H2,1-2H3,(H,13,14). The topological polar surface area (TPSA) is 97.6 Å². The van der Waals surface area contributed by atoms with Gasteiger partial charge in [-0.1, -0.05) is 0 Å². The number of methoxy groups -OCH3 is 1. The van der Waals surface area contributed by atoms with Gasteiger partial charge in [0.1, 0.15) is 10.6 Å². The summed E-state index contributed by atoms with van der Waals surface area (Å²) in [4.78, 5) is 10.8. The number of carbonyl (C=O) groups is 1. The fourth-order valence-electron chi connectivity index (χ4n) is 1.40. The largest absolute Gasteiger partial charge is 0.477 e. The van der Waals surface area contributed by atoms with Crippen molar-refractivity contribution >= 4 is 16.0 Å². The molecule has 1 rings (SSSR count). The molecule has 0 spiro atoms. The number of ether oxygens (including phenoxy) is 1. The van der Waals surface area contributed by atoms with E-state index in [4.69, 9.17) is 9.84 Å². The molecule has 0 amide bonds. The molecule has 18 heavy (non-hydrogen) atoms. The fourth-order valence-corrected chi connectivity index (χ4v) is 2.54. The van der Waals surface area contributed by atoms with Gasteiger partial charge in [0.15, 0.2) is 0 Å². The molecular formula is C10H16N2O5S. The van der Waals surface area contributed by atoms with E-state index in [1.54, 1.807) is 0 Å². The molecule has 2 N–H and O–H groups in total. The highest BCUT2D eigenvalue weighted by Crippen LogP contribution is 2.13. The minimum Gasteiger partial charge on any atom is -0.477 e. The third-order valence-corrected chi connectivity index (χ3v) is 3.75. The predicted molar refractivity (Wildman–Crippen MR) is 64.1 cm³/mol. The number of nitrogens with zero attached hydrogens (tertiary/aromatic N) is 1. The van der Waals surface area contributed by atoms with Crippen LogP contribution in [0, 0.1) is 0 Å². The molecule has 1 aromatic rings. The van der Waals surface area contributed by atoms with E-state index in [2.05, 4.69) is 4.72 Å². The van der Waals surface area contributed by atoms with Gasteiger partial charge in [-0.25, -0.2) is 17.9 Å². The minimum atomic E-state index is -3.67. The lowest BCUT2D eigenvalue weighted by Crippen LogP contribution is -2.25. The zero-order valence-electron chi connectivity index (χ0n) is 10.2. The van der Waals surface area contributed by atoms with Crippen molar-refractivity contribution in [1.82, 2.24) is 9.29 Å². The van der Waals surface area contributed by atoms with Gasteiger partial charge >= 0.3 is 5.97 Å². The van der Waals surface area contributed by atoms with Gasteiger partial charge in [-0.15, -0.1) is 0 Å². The summed E-state index contributed by atoms with van der Waals surface area (Å²) >= 11 is 0. The summed E-state index contributed by atoms with van der Waals surface area (Å²) in [5.74, 6) is -1.17. The second-order valence-corrected chi connectivity index (χ2v) is 5.49. The van der Waals surface area contributed by atoms with Gasteiger partial charge in [0.05, 0.1) is 0 Å². The molecule has 1 aromatic heterocycles. The summed E-state index contributed by atoms with van der Waals surface area (Å²) in [7, 11) is -0.654. The highest BCUT2D eigenvalue weighted by atomic mass is 32.2. The number of rotatable bonds is 7. The monoisotopic (exact) mass is 276 g/mol. The SMILES string of the molecule is COCCCNS(=O)(=O)c1cc(C(=O)O)n(C)c1. The zero-order valence-corrected chi connectivity index (χ0v) is 11.0. The number of hydrogen-bond acceptors (Lipinski definition) is 4. The van der Waals surface area contributed by atoms with Gasteiger partial charge < -0.3 is 14.4 Å². The van der Waals surface area contributed by atoms with Crippen LogP contribution in [0.3, 0.4) is 0 Å². The van der Waals surface area contributed by atoms with E-state index in [-0.39, 0.29) is 17.1 Å². The Morgan fingerprint density at radius 3 is 2.72 bits per heavy atom. The van der Waals surface area contributed by atoms with E-state index in [0.29, 0.717) is 13.0 Å². The van der Waals surface area contributed by atoms with Crippen molar-refractivity contribution in [3.63, 3.8) is 0 Å². The maximum Gasteiger partial charge on any atom is 0.352 e. The van der Waals surface area contributed by atoms with Crippen molar-refractivity contribution in [2.45, 2.75) is 11.3 Å². The van der Waals surface area contributed by atoms with Crippen LogP contribution in [0.15, 0.2) is 17.2 Å². The van der Waals surface area contributed by atoms with E-state index in [1.165, 1.54) is 24.9 Å². The van der Waals surface area contributed by atoms with E-state index >= 15 is 0 Å². The van der Waals surface area contributed by atoms with Crippen molar-refractivity contribution in [2.75, 3.05) is 20.3 Å². The zero-order chi connectivity index (χ0) is 13.8. The number of aryl methyl sites for hydroxylation is 1. The molecule has 0 saturated carbocycles. The molecule has 0 atom stereocenters. The molecule has 0 aliphatic heterocycles. The Balaban J connectivity index is 2.79. The molecule has 0 aromatic carbocycles. The molecule has 0 saturated heterocycles. The minimum absolute atomic E-state index is 0.0557. The van der Waals surface area contributed by atoms with Gasteiger partial charge in [-0.2, -0.15) is 0 Å². The molecule has 7 nitrogen and oxygen atoms in total. The summed E-state index contributed by atoms with van der Waals surface area (Å²) in [6.45, 7) is 0.700. The van der Waals surface area contributed by atoms with Crippen LogP contribution in [0.2, 0.25) is 0 Å². The van der Waals surface area contributed by atoms with Crippen LogP contribution in [0.1, 0.15) is 16.9 Å². The summed E-state index contributed by atoms with van der Waals surface area (Å²) in [6.07, 6.45) is 1.82. The summed E-state index contributed by atoms with van der Waals surface area (Å²) < 4.78 is 32.1. The molecule has 0 radical (unpaired) electrons. The lowest BCUT2D eigenvalue weighted by molar-refractivity contribution is 0.0686. The van der Waals surface area contributed by atoms with Gasteiger partial charge in [0.25, 0.3) is 0 Å². The quantitative estimate of drug-likeness (QED) is 0.685. The first-order valence-electron chi connectivity index (χ1n) is 5.26. The Morgan fingerprint density at radius 2 is 2.22 bits per heavy atom. The number of hydrogen-bond donors (Lipinski definition) is 2. The summed E-state index contributed by atoms with van der Waals surface area (Å²) in [5, 5.41) is 8.84. The Morgan fingerprint density at radius 1 is 1.56 bits per heavy atom. The average Bonchev–Trinajstić information content (AvgIpc) is 2.68. The Bertz CT molecular complexity index is 520. The fraction of sp³-hybridized carbons (Fsp3) is 0.500. The highest BCUT2D eigenvalue weighted by molar-refractivity contribution is 7.89. The number of carboxylic acids is 1. The van der Waals surface area contributed by atoms with Crippen LogP contribution in [-0.2, 0) is 21.8 Å². The van der Waals surface area contributed by atoms with Crippen molar-refractivity contribution < 1.29 is 23.1 Å². The Hall–Kier alpha value is -1.38. The van der Waals surface area contributed by atoms with Gasteiger partial charge in [-0.3, -0.25) is 0 Å². The third-order valence-electron chi connectivity index (χ3n) is 2.33. The maximum atomic E-state index is 11.8. The average molecular weight is 276 g/mol.